The first-order valence-corrected chi connectivity index (χ1v) is 4.35. The van der Waals surface area contributed by atoms with Crippen molar-refractivity contribution in [3.8, 4) is 0 Å². The number of hydrogen-bond donors (Lipinski definition) is 0. The number of rotatable bonds is 6. The molecule has 0 N–H and O–H groups in total. The average Bonchev–Trinajstić information content (AvgIpc) is 2.17. The zero-order valence-electron chi connectivity index (χ0n) is 6.38. The van der Waals surface area contributed by atoms with Gasteiger partial charge in [0.25, 0.3) is 6.36 Å². The van der Waals surface area contributed by atoms with Crippen molar-refractivity contribution in [2.75, 3.05) is 0 Å². The van der Waals surface area contributed by atoms with Crippen LogP contribution in [0.15, 0.2) is 0 Å². The molecule has 12 heteroatoms. The van der Waals surface area contributed by atoms with E-state index in [1.165, 1.54) is 0 Å². The molecule has 0 aromatic heterocycles. The van der Waals surface area contributed by atoms with Gasteiger partial charge in [-0.2, -0.15) is 8.78 Å². The summed E-state index contributed by atoms with van der Waals surface area (Å²) < 4.78 is 98.4. The Balaban J connectivity index is 4.62. The molecule has 0 aromatic carbocycles. The predicted molar refractivity (Wildman–Crippen MR) is 28.9 cm³/mol. The minimum Gasteiger partial charge on any atom is -0.241 e. The second-order valence-corrected chi connectivity index (χ2v) is 3.36. The molecule has 0 heterocycles. The lowest BCUT2D eigenvalue weighted by Crippen LogP contribution is -2.38. The van der Waals surface area contributed by atoms with E-state index in [4.69, 9.17) is 0 Å². The molecule has 0 saturated heterocycles. The largest absolute Gasteiger partial charge is 0.540 e. The van der Waals surface area contributed by atoms with Crippen molar-refractivity contribution in [2.24, 2.45) is 0 Å². The summed E-state index contributed by atoms with van der Waals surface area (Å²) in [7, 11) is -5.90. The maximum absolute atomic E-state index is 12.2. The van der Waals surface area contributed by atoms with Crippen LogP contribution in [0.5, 0.6) is 0 Å². The summed E-state index contributed by atoms with van der Waals surface area (Å²) in [6, 6.07) is 0. The van der Waals surface area contributed by atoms with Gasteiger partial charge in [0.05, 0.1) is 0 Å². The third-order valence-corrected chi connectivity index (χ3v) is 1.77. The highest BCUT2D eigenvalue weighted by atomic mass is 31.2. The third kappa shape index (κ3) is 3.59. The zero-order chi connectivity index (χ0) is 12.3. The highest BCUT2D eigenvalue weighted by Crippen LogP contribution is 2.53. The molecule has 0 fully saturated rings. The molecule has 0 bridgehead atoms. The molecule has 0 spiro atoms. The van der Waals surface area contributed by atoms with E-state index in [1.54, 1.807) is 0 Å². The van der Waals surface area contributed by atoms with Crippen LogP contribution in [-0.2, 0) is 18.5 Å². The summed E-state index contributed by atoms with van der Waals surface area (Å²) in [4.78, 5) is 0. The summed E-state index contributed by atoms with van der Waals surface area (Å²) in [5.74, 6) is -5.42. The Bertz CT molecular complexity index is 238. The molecule has 0 saturated carbocycles. The van der Waals surface area contributed by atoms with Crippen molar-refractivity contribution in [3.63, 3.8) is 0 Å². The van der Waals surface area contributed by atoms with Gasteiger partial charge in [-0.1, -0.05) is 9.46 Å². The Kier molecular flexibility index (Phi) is 4.97. The normalized spacial score (nSPS) is 15.7. The Hall–Kier alpha value is -0.380. The summed E-state index contributed by atoms with van der Waals surface area (Å²) in [5.41, 5.74) is 0. The van der Waals surface area contributed by atoms with Gasteiger partial charge in [0.15, 0.2) is 0 Å². The maximum atomic E-state index is 12.2. The van der Waals surface area contributed by atoms with Crippen LogP contribution in [0.3, 0.4) is 0 Å². The van der Waals surface area contributed by atoms with E-state index in [0.29, 0.717) is 0 Å². The van der Waals surface area contributed by atoms with Gasteiger partial charge in [-0.3, -0.25) is 0 Å². The molecule has 1 unspecified atom stereocenters. The van der Waals surface area contributed by atoms with E-state index >= 15 is 0 Å². The Morgan fingerprint density at radius 2 is 1.47 bits per heavy atom. The number of hydrogen-bond acceptors (Lipinski definition) is 4. The first-order chi connectivity index (χ1) is 6.69. The fourth-order valence-corrected chi connectivity index (χ4v) is 0.779. The molecule has 0 rings (SSSR count). The van der Waals surface area contributed by atoms with E-state index in [1.807, 2.05) is 0 Å². The SMILES string of the molecule is O=P(OF)(OF)OC(F)C(F)(F)C(F)F. The zero-order valence-corrected chi connectivity index (χ0v) is 7.28. The quantitative estimate of drug-likeness (QED) is 0.547. The topological polar surface area (TPSA) is 44.8 Å². The van der Waals surface area contributed by atoms with Crippen molar-refractivity contribution >= 4 is 7.82 Å². The van der Waals surface area contributed by atoms with Gasteiger partial charge < -0.3 is 0 Å². The molecular formula is C3H2F7O4P. The van der Waals surface area contributed by atoms with Crippen LogP contribution in [0.1, 0.15) is 0 Å². The second kappa shape index (κ2) is 5.10. The lowest BCUT2D eigenvalue weighted by molar-refractivity contribution is -0.237. The van der Waals surface area contributed by atoms with Crippen molar-refractivity contribution < 1.29 is 49.5 Å². The second-order valence-electron chi connectivity index (χ2n) is 1.98. The maximum Gasteiger partial charge on any atom is 0.540 e. The lowest BCUT2D eigenvalue weighted by atomic mass is 10.4. The smallest absolute Gasteiger partial charge is 0.241 e. The molecule has 0 aliphatic rings. The van der Waals surface area contributed by atoms with Crippen LogP contribution in [0, 0.1) is 0 Å². The summed E-state index contributed by atoms with van der Waals surface area (Å²) in [6.07, 6.45) is -8.81. The van der Waals surface area contributed by atoms with Gasteiger partial charge in [-0.25, -0.2) is 22.3 Å². The standard InChI is InChI=1S/C3H2F7O4P/c4-1(5)3(7,8)2(6)12-15(11,13-9)14-10/h1-2H. The molecule has 0 aromatic rings. The highest BCUT2D eigenvalue weighted by Gasteiger charge is 2.54. The Morgan fingerprint density at radius 1 is 1.07 bits per heavy atom. The monoisotopic (exact) mass is 266 g/mol. The van der Waals surface area contributed by atoms with E-state index in [2.05, 4.69) is 14.0 Å². The molecular weight excluding hydrogens is 264 g/mol. The van der Waals surface area contributed by atoms with Gasteiger partial charge >= 0.3 is 20.2 Å². The van der Waals surface area contributed by atoms with E-state index in [9.17, 15) is 35.6 Å². The van der Waals surface area contributed by atoms with Gasteiger partial charge in [-0.15, -0.1) is 0 Å². The van der Waals surface area contributed by atoms with Crippen LogP contribution in [-0.4, -0.2) is 18.7 Å². The Labute approximate surface area is 77.3 Å². The molecule has 0 aliphatic carbocycles. The minimum atomic E-state index is -5.90. The fraction of sp³-hybridized carbons (Fsp3) is 1.00. The van der Waals surface area contributed by atoms with Crippen molar-refractivity contribution in [1.29, 1.82) is 0 Å². The molecule has 0 radical (unpaired) electrons. The van der Waals surface area contributed by atoms with Crippen LogP contribution in [0.25, 0.3) is 0 Å². The molecule has 15 heavy (non-hydrogen) atoms. The van der Waals surface area contributed by atoms with Crippen LogP contribution >= 0.6 is 7.82 Å². The van der Waals surface area contributed by atoms with Crippen LogP contribution < -0.4 is 0 Å². The summed E-state index contributed by atoms with van der Waals surface area (Å²) in [5, 5.41) is 0. The summed E-state index contributed by atoms with van der Waals surface area (Å²) >= 11 is 0. The molecule has 92 valence electrons. The highest BCUT2D eigenvalue weighted by molar-refractivity contribution is 7.48. The molecule has 4 nitrogen and oxygen atoms in total. The average molecular weight is 266 g/mol. The third-order valence-electron chi connectivity index (χ3n) is 0.984. The van der Waals surface area contributed by atoms with Crippen molar-refractivity contribution in [3.05, 3.63) is 0 Å². The predicted octanol–water partition coefficient (Wildman–Crippen LogP) is 3.11. The van der Waals surface area contributed by atoms with Gasteiger partial charge in [0.1, 0.15) is 0 Å². The van der Waals surface area contributed by atoms with Gasteiger partial charge in [-0.05, 0) is 9.05 Å². The number of halogens is 7. The number of alkyl halides is 5. The van der Waals surface area contributed by atoms with E-state index in [0.717, 1.165) is 0 Å². The van der Waals surface area contributed by atoms with Crippen molar-refractivity contribution in [2.45, 2.75) is 18.7 Å². The van der Waals surface area contributed by atoms with Crippen LogP contribution in [0.2, 0.25) is 0 Å². The molecule has 1 atom stereocenters. The lowest BCUT2D eigenvalue weighted by Gasteiger charge is -2.20. The van der Waals surface area contributed by atoms with E-state index in [-0.39, 0.29) is 0 Å². The van der Waals surface area contributed by atoms with Crippen LogP contribution in [0.4, 0.5) is 31.0 Å². The molecule has 0 amide bonds. The first-order valence-electron chi connectivity index (χ1n) is 2.88. The number of phosphoric acid groups is 1. The van der Waals surface area contributed by atoms with Crippen molar-refractivity contribution in [1.82, 2.24) is 0 Å². The van der Waals surface area contributed by atoms with Gasteiger partial charge in [0, 0.05) is 0 Å². The summed E-state index contributed by atoms with van der Waals surface area (Å²) in [6.45, 7) is 0. The fourth-order valence-electron chi connectivity index (χ4n) is 0.326. The van der Waals surface area contributed by atoms with E-state index < -0.39 is 26.5 Å². The minimum absolute atomic E-state index is 2.05. The first kappa shape index (κ1) is 14.6. The van der Waals surface area contributed by atoms with Gasteiger partial charge in [0.2, 0.25) is 0 Å². The Morgan fingerprint density at radius 3 is 1.73 bits per heavy atom. The molecule has 0 aliphatic heterocycles.